The van der Waals surface area contributed by atoms with E-state index in [4.69, 9.17) is 9.84 Å². The molecule has 0 aliphatic heterocycles. The average molecular weight is 356 g/mol. The number of aromatic nitrogens is 1. The van der Waals surface area contributed by atoms with Crippen molar-refractivity contribution in [2.75, 3.05) is 0 Å². The average Bonchev–Trinajstić information content (AvgIpc) is 2.42. The minimum Gasteiger partial charge on any atom is -0.478 e. The van der Waals surface area contributed by atoms with Gasteiger partial charge in [0.15, 0.2) is 11.6 Å². The monoisotopic (exact) mass is 355 g/mol. The number of benzene rings is 1. The highest BCUT2D eigenvalue weighted by atomic mass is 79.9. The third-order valence-electron chi connectivity index (χ3n) is 2.34. The van der Waals surface area contributed by atoms with Crippen LogP contribution in [0.1, 0.15) is 5.56 Å². The van der Waals surface area contributed by atoms with Crippen LogP contribution in [-0.2, 0) is 4.79 Å². The molecule has 0 radical (unpaired) electrons. The number of nitrogens with zero attached hydrogens (tertiary/aromatic N) is 1. The Morgan fingerprint density at radius 3 is 2.76 bits per heavy atom. The molecule has 108 valence electrons. The molecule has 0 unspecified atom stereocenters. The van der Waals surface area contributed by atoms with Crippen molar-refractivity contribution in [3.05, 3.63) is 58.3 Å². The van der Waals surface area contributed by atoms with Gasteiger partial charge in [-0.3, -0.25) is 4.98 Å². The number of rotatable bonds is 4. The predicted molar refractivity (Wildman–Crippen MR) is 75.0 cm³/mol. The van der Waals surface area contributed by atoms with E-state index in [1.807, 2.05) is 0 Å². The van der Waals surface area contributed by atoms with Gasteiger partial charge in [-0.15, -0.1) is 0 Å². The van der Waals surface area contributed by atoms with E-state index >= 15 is 0 Å². The van der Waals surface area contributed by atoms with Crippen molar-refractivity contribution >= 4 is 28.0 Å². The molecule has 0 spiro atoms. The van der Waals surface area contributed by atoms with Crippen LogP contribution < -0.4 is 4.74 Å². The van der Waals surface area contributed by atoms with Crippen molar-refractivity contribution in [3.63, 3.8) is 0 Å². The van der Waals surface area contributed by atoms with Crippen LogP contribution in [-0.4, -0.2) is 16.1 Å². The van der Waals surface area contributed by atoms with Crippen molar-refractivity contribution in [2.45, 2.75) is 0 Å². The van der Waals surface area contributed by atoms with Crippen LogP contribution in [0.4, 0.5) is 8.78 Å². The Kier molecular flexibility index (Phi) is 4.64. The Labute approximate surface area is 126 Å². The molecule has 1 aromatic heterocycles. The Bertz CT molecular complexity index is 719. The Hall–Kier alpha value is -2.28. The third-order valence-corrected chi connectivity index (χ3v) is 2.80. The summed E-state index contributed by atoms with van der Waals surface area (Å²) in [6.07, 6.45) is 4.95. The summed E-state index contributed by atoms with van der Waals surface area (Å²) in [6.45, 7) is 0. The first-order valence-electron chi connectivity index (χ1n) is 5.64. The second-order valence-electron chi connectivity index (χ2n) is 3.93. The highest BCUT2D eigenvalue weighted by Crippen LogP contribution is 2.29. The van der Waals surface area contributed by atoms with Crippen LogP contribution in [0.3, 0.4) is 0 Å². The smallest absolute Gasteiger partial charge is 0.328 e. The molecule has 0 aliphatic carbocycles. The molecule has 2 aromatic rings. The minimum atomic E-state index is -1.12. The second-order valence-corrected chi connectivity index (χ2v) is 4.84. The molecule has 1 N–H and O–H groups in total. The van der Waals surface area contributed by atoms with Gasteiger partial charge in [0, 0.05) is 16.7 Å². The Balaban J connectivity index is 2.28. The summed E-state index contributed by atoms with van der Waals surface area (Å²) in [6, 6.07) is 3.70. The largest absolute Gasteiger partial charge is 0.478 e. The van der Waals surface area contributed by atoms with Gasteiger partial charge in [0.25, 0.3) is 0 Å². The zero-order valence-electron chi connectivity index (χ0n) is 10.4. The molecular weight excluding hydrogens is 348 g/mol. The van der Waals surface area contributed by atoms with Gasteiger partial charge in [-0.05, 0) is 29.8 Å². The van der Waals surface area contributed by atoms with E-state index in [0.29, 0.717) is 10.0 Å². The fourth-order valence-electron chi connectivity index (χ4n) is 1.48. The van der Waals surface area contributed by atoms with Crippen LogP contribution in [0.15, 0.2) is 41.1 Å². The summed E-state index contributed by atoms with van der Waals surface area (Å²) in [7, 11) is 0. The van der Waals surface area contributed by atoms with E-state index < -0.39 is 17.6 Å². The van der Waals surface area contributed by atoms with E-state index in [-0.39, 0.29) is 11.5 Å². The van der Waals surface area contributed by atoms with Crippen molar-refractivity contribution < 1.29 is 23.4 Å². The fraction of sp³-hybridized carbons (Fsp3) is 0. The fourth-order valence-corrected chi connectivity index (χ4v) is 1.89. The minimum absolute atomic E-state index is 0.152. The number of halogens is 3. The van der Waals surface area contributed by atoms with E-state index in [1.54, 1.807) is 0 Å². The van der Waals surface area contributed by atoms with Crippen LogP contribution in [0.5, 0.6) is 11.5 Å². The highest BCUT2D eigenvalue weighted by molar-refractivity contribution is 9.10. The standard InChI is InChI=1S/C14H8BrF2NO3/c15-9-4-11(16)14(17)12(5-9)21-10-3-8(6-18-7-10)1-2-13(19)20/h1-7H,(H,19,20)/b2-1+. The van der Waals surface area contributed by atoms with E-state index in [9.17, 15) is 13.6 Å². The summed E-state index contributed by atoms with van der Waals surface area (Å²) in [5.74, 6) is -3.43. The molecule has 0 fully saturated rings. The molecule has 0 amide bonds. The maximum atomic E-state index is 13.6. The third kappa shape index (κ3) is 4.09. The summed E-state index contributed by atoms with van der Waals surface area (Å²) < 4.78 is 32.4. The SMILES string of the molecule is O=C(O)/C=C/c1cncc(Oc2cc(Br)cc(F)c2F)c1. The molecule has 2 rings (SSSR count). The van der Waals surface area contributed by atoms with Gasteiger partial charge in [0.1, 0.15) is 5.75 Å². The van der Waals surface area contributed by atoms with Gasteiger partial charge in [0.2, 0.25) is 5.82 Å². The van der Waals surface area contributed by atoms with Crippen LogP contribution in [0, 0.1) is 11.6 Å². The molecule has 0 aliphatic rings. The Morgan fingerprint density at radius 1 is 1.29 bits per heavy atom. The lowest BCUT2D eigenvalue weighted by Gasteiger charge is -2.08. The molecular formula is C14H8BrF2NO3. The number of carboxylic acids is 1. The number of hydrogen-bond donors (Lipinski definition) is 1. The summed E-state index contributed by atoms with van der Waals surface area (Å²) in [5, 5.41) is 8.54. The summed E-state index contributed by atoms with van der Waals surface area (Å²) >= 11 is 3.04. The topological polar surface area (TPSA) is 59.4 Å². The number of carbonyl (C=O) groups is 1. The van der Waals surface area contributed by atoms with Gasteiger partial charge < -0.3 is 9.84 Å². The van der Waals surface area contributed by atoms with Crippen LogP contribution in [0.25, 0.3) is 6.08 Å². The molecule has 1 heterocycles. The Morgan fingerprint density at radius 2 is 2.05 bits per heavy atom. The number of hydrogen-bond acceptors (Lipinski definition) is 3. The zero-order chi connectivity index (χ0) is 15.4. The number of pyridine rings is 1. The van der Waals surface area contributed by atoms with Crippen LogP contribution >= 0.6 is 15.9 Å². The lowest BCUT2D eigenvalue weighted by molar-refractivity contribution is -0.131. The van der Waals surface area contributed by atoms with Gasteiger partial charge >= 0.3 is 5.97 Å². The molecule has 0 saturated heterocycles. The molecule has 4 nitrogen and oxygen atoms in total. The van der Waals surface area contributed by atoms with E-state index in [1.165, 1.54) is 30.6 Å². The molecule has 1 aromatic carbocycles. The van der Waals surface area contributed by atoms with E-state index in [0.717, 1.165) is 12.1 Å². The quantitative estimate of drug-likeness (QED) is 0.664. The maximum Gasteiger partial charge on any atom is 0.328 e. The highest BCUT2D eigenvalue weighted by Gasteiger charge is 2.12. The van der Waals surface area contributed by atoms with Gasteiger partial charge in [-0.25, -0.2) is 9.18 Å². The summed E-state index contributed by atoms with van der Waals surface area (Å²) in [4.78, 5) is 14.3. The van der Waals surface area contributed by atoms with E-state index in [2.05, 4.69) is 20.9 Å². The van der Waals surface area contributed by atoms with Crippen molar-refractivity contribution in [2.24, 2.45) is 0 Å². The first kappa shape index (κ1) is 15.1. The number of carboxylic acid groups (broad SMARTS) is 1. The molecule has 21 heavy (non-hydrogen) atoms. The van der Waals surface area contributed by atoms with Crippen LogP contribution in [0.2, 0.25) is 0 Å². The summed E-state index contributed by atoms with van der Waals surface area (Å²) in [5.41, 5.74) is 0.450. The number of ether oxygens (including phenoxy) is 1. The second kappa shape index (κ2) is 6.45. The molecule has 0 saturated carbocycles. The molecule has 7 heteroatoms. The van der Waals surface area contributed by atoms with Gasteiger partial charge in [0.05, 0.1) is 6.20 Å². The van der Waals surface area contributed by atoms with Crippen molar-refractivity contribution in [1.82, 2.24) is 4.98 Å². The van der Waals surface area contributed by atoms with Crippen molar-refractivity contribution in [1.29, 1.82) is 0 Å². The lowest BCUT2D eigenvalue weighted by Crippen LogP contribution is -1.93. The predicted octanol–water partition coefficient (Wildman–Crippen LogP) is 4.01. The van der Waals surface area contributed by atoms with Gasteiger partial charge in [-0.1, -0.05) is 15.9 Å². The first-order valence-corrected chi connectivity index (χ1v) is 6.43. The first-order chi connectivity index (χ1) is 9.95. The maximum absolute atomic E-state index is 13.6. The van der Waals surface area contributed by atoms with Gasteiger partial charge in [-0.2, -0.15) is 4.39 Å². The molecule has 0 bridgehead atoms. The number of aliphatic carboxylic acids is 1. The van der Waals surface area contributed by atoms with Crippen molar-refractivity contribution in [3.8, 4) is 11.5 Å². The normalized spacial score (nSPS) is 10.8. The lowest BCUT2D eigenvalue weighted by atomic mass is 10.2. The zero-order valence-corrected chi connectivity index (χ0v) is 12.0. The molecule has 0 atom stereocenters.